The molecular weight excluding hydrogens is 280 g/mol. The summed E-state index contributed by atoms with van der Waals surface area (Å²) in [7, 11) is 0. The van der Waals surface area contributed by atoms with Crippen molar-refractivity contribution < 1.29 is 14.4 Å². The molecule has 0 radical (unpaired) electrons. The summed E-state index contributed by atoms with van der Waals surface area (Å²) in [6, 6.07) is -1.67. The molecule has 5 heteroatoms. The molecule has 0 aromatic carbocycles. The van der Waals surface area contributed by atoms with Crippen molar-refractivity contribution in [3.05, 3.63) is 0 Å². The van der Waals surface area contributed by atoms with Crippen molar-refractivity contribution >= 4 is 17.5 Å². The van der Waals surface area contributed by atoms with E-state index in [1.54, 1.807) is 0 Å². The highest BCUT2D eigenvalue weighted by molar-refractivity contribution is 6.05. The Morgan fingerprint density at radius 2 is 1.41 bits per heavy atom. The first-order valence-corrected chi connectivity index (χ1v) is 8.73. The standard InChI is InChI=1S/C17H26N2O3/c18-13-14(19-17(22)10-6-2-1-3-7-10)16(21)12-9-5-4-8-11(12)15(13)20/h10-14H,1-9,18H2,(H,19,22). The Morgan fingerprint density at radius 1 is 0.864 bits per heavy atom. The number of nitrogens with one attached hydrogen (secondary N) is 1. The molecule has 0 bridgehead atoms. The van der Waals surface area contributed by atoms with Gasteiger partial charge in [-0.25, -0.2) is 0 Å². The van der Waals surface area contributed by atoms with Gasteiger partial charge >= 0.3 is 0 Å². The van der Waals surface area contributed by atoms with Crippen molar-refractivity contribution in [1.29, 1.82) is 0 Å². The van der Waals surface area contributed by atoms with Crippen LogP contribution in [0.15, 0.2) is 0 Å². The number of hydrogen-bond acceptors (Lipinski definition) is 4. The van der Waals surface area contributed by atoms with Crippen LogP contribution < -0.4 is 11.1 Å². The van der Waals surface area contributed by atoms with Crippen molar-refractivity contribution in [3.63, 3.8) is 0 Å². The zero-order chi connectivity index (χ0) is 15.7. The quantitative estimate of drug-likeness (QED) is 0.805. The summed E-state index contributed by atoms with van der Waals surface area (Å²) in [5.41, 5.74) is 6.01. The Morgan fingerprint density at radius 3 is 2.05 bits per heavy atom. The smallest absolute Gasteiger partial charge is 0.223 e. The summed E-state index contributed by atoms with van der Waals surface area (Å²) in [5.74, 6) is -0.584. The average molecular weight is 306 g/mol. The summed E-state index contributed by atoms with van der Waals surface area (Å²) in [4.78, 5) is 37.5. The first-order valence-electron chi connectivity index (χ1n) is 8.73. The molecule has 0 aromatic rings. The van der Waals surface area contributed by atoms with Crippen LogP contribution in [0.4, 0.5) is 0 Å². The molecule has 0 saturated heterocycles. The summed E-state index contributed by atoms with van der Waals surface area (Å²) < 4.78 is 0. The van der Waals surface area contributed by atoms with Gasteiger partial charge in [0, 0.05) is 17.8 Å². The van der Waals surface area contributed by atoms with E-state index in [4.69, 9.17) is 5.73 Å². The molecule has 3 aliphatic carbocycles. The predicted octanol–water partition coefficient (Wildman–Crippen LogP) is 1.34. The maximum absolute atomic E-state index is 12.7. The number of carbonyl (C=O) groups is 3. The summed E-state index contributed by atoms with van der Waals surface area (Å²) in [6.45, 7) is 0. The van der Waals surface area contributed by atoms with Crippen molar-refractivity contribution in [1.82, 2.24) is 5.32 Å². The fourth-order valence-corrected chi connectivity index (χ4v) is 4.43. The van der Waals surface area contributed by atoms with E-state index in [0.29, 0.717) is 0 Å². The maximum Gasteiger partial charge on any atom is 0.223 e. The first-order chi connectivity index (χ1) is 10.6. The molecule has 4 atom stereocenters. The van der Waals surface area contributed by atoms with Crippen LogP contribution in [0.3, 0.4) is 0 Å². The van der Waals surface area contributed by atoms with E-state index in [-0.39, 0.29) is 35.2 Å². The highest BCUT2D eigenvalue weighted by Gasteiger charge is 2.49. The number of Topliss-reactive ketones (excluding diaryl/α,β-unsaturated/α-hetero) is 2. The van der Waals surface area contributed by atoms with Gasteiger partial charge in [-0.1, -0.05) is 32.1 Å². The Kier molecular flexibility index (Phi) is 4.62. The van der Waals surface area contributed by atoms with Crippen LogP contribution in [0.5, 0.6) is 0 Å². The number of ketones is 2. The third-order valence-corrected chi connectivity index (χ3v) is 5.76. The second-order valence-electron chi connectivity index (χ2n) is 7.15. The molecular formula is C17H26N2O3. The largest absolute Gasteiger partial charge is 0.344 e. The number of carbonyl (C=O) groups excluding carboxylic acids is 3. The zero-order valence-electron chi connectivity index (χ0n) is 13.1. The minimum atomic E-state index is -0.862. The minimum absolute atomic E-state index is 0.0130. The molecule has 0 aliphatic heterocycles. The molecule has 122 valence electrons. The summed E-state index contributed by atoms with van der Waals surface area (Å²) in [6.07, 6.45) is 8.56. The maximum atomic E-state index is 12.7. The molecule has 3 rings (SSSR count). The lowest BCUT2D eigenvalue weighted by Gasteiger charge is -2.40. The van der Waals surface area contributed by atoms with Gasteiger partial charge in [0.05, 0.1) is 6.04 Å². The van der Waals surface area contributed by atoms with Crippen LogP contribution in [0.2, 0.25) is 0 Å². The third-order valence-electron chi connectivity index (χ3n) is 5.76. The molecule has 3 N–H and O–H groups in total. The number of nitrogens with two attached hydrogens (primary N) is 1. The fourth-order valence-electron chi connectivity index (χ4n) is 4.43. The highest BCUT2D eigenvalue weighted by Crippen LogP contribution is 2.36. The lowest BCUT2D eigenvalue weighted by molar-refractivity contribution is -0.145. The van der Waals surface area contributed by atoms with Gasteiger partial charge in [0.1, 0.15) is 6.04 Å². The Bertz CT molecular complexity index is 471. The van der Waals surface area contributed by atoms with Crippen LogP contribution in [-0.2, 0) is 14.4 Å². The second kappa shape index (κ2) is 6.49. The monoisotopic (exact) mass is 306 g/mol. The van der Waals surface area contributed by atoms with Crippen LogP contribution in [0.25, 0.3) is 0 Å². The van der Waals surface area contributed by atoms with E-state index < -0.39 is 12.1 Å². The number of amides is 1. The fraction of sp³-hybridized carbons (Fsp3) is 0.824. The molecule has 5 nitrogen and oxygen atoms in total. The molecule has 0 aromatic heterocycles. The topological polar surface area (TPSA) is 89.3 Å². The van der Waals surface area contributed by atoms with Crippen molar-refractivity contribution in [2.24, 2.45) is 23.5 Å². The third kappa shape index (κ3) is 2.83. The molecule has 0 heterocycles. The van der Waals surface area contributed by atoms with Gasteiger partial charge in [0.25, 0.3) is 0 Å². The van der Waals surface area contributed by atoms with E-state index in [2.05, 4.69) is 5.32 Å². The Balaban J connectivity index is 1.70. The van der Waals surface area contributed by atoms with Crippen LogP contribution in [-0.4, -0.2) is 29.6 Å². The van der Waals surface area contributed by atoms with Gasteiger partial charge in [0.15, 0.2) is 11.6 Å². The SMILES string of the molecule is NC1C(=O)C2CCCCC2C(=O)C1NC(=O)C1CCCCC1. The van der Waals surface area contributed by atoms with Gasteiger partial charge in [0.2, 0.25) is 5.91 Å². The van der Waals surface area contributed by atoms with E-state index in [0.717, 1.165) is 51.4 Å². The number of fused-ring (bicyclic) bond motifs is 1. The molecule has 4 unspecified atom stereocenters. The normalized spacial score (nSPS) is 36.8. The van der Waals surface area contributed by atoms with Gasteiger partial charge in [-0.3, -0.25) is 14.4 Å². The lowest BCUT2D eigenvalue weighted by atomic mass is 9.66. The first kappa shape index (κ1) is 15.7. The molecule has 1 amide bonds. The average Bonchev–Trinajstić information content (AvgIpc) is 2.57. The Labute approximate surface area is 131 Å². The van der Waals surface area contributed by atoms with Gasteiger partial charge in [-0.15, -0.1) is 0 Å². The lowest BCUT2D eigenvalue weighted by Crippen LogP contribution is -2.64. The second-order valence-corrected chi connectivity index (χ2v) is 7.15. The minimum Gasteiger partial charge on any atom is -0.344 e. The van der Waals surface area contributed by atoms with E-state index in [1.807, 2.05) is 0 Å². The van der Waals surface area contributed by atoms with E-state index in [9.17, 15) is 14.4 Å². The number of hydrogen-bond donors (Lipinski definition) is 2. The van der Waals surface area contributed by atoms with Crippen molar-refractivity contribution in [2.75, 3.05) is 0 Å². The van der Waals surface area contributed by atoms with Crippen molar-refractivity contribution in [3.8, 4) is 0 Å². The van der Waals surface area contributed by atoms with E-state index in [1.165, 1.54) is 6.42 Å². The van der Waals surface area contributed by atoms with Crippen molar-refractivity contribution in [2.45, 2.75) is 69.9 Å². The molecule has 3 fully saturated rings. The zero-order valence-corrected chi connectivity index (χ0v) is 13.1. The summed E-state index contributed by atoms with van der Waals surface area (Å²) in [5, 5.41) is 2.82. The molecule has 3 aliphatic rings. The van der Waals surface area contributed by atoms with Crippen LogP contribution in [0.1, 0.15) is 57.8 Å². The van der Waals surface area contributed by atoms with Gasteiger partial charge < -0.3 is 11.1 Å². The molecule has 22 heavy (non-hydrogen) atoms. The summed E-state index contributed by atoms with van der Waals surface area (Å²) >= 11 is 0. The Hall–Kier alpha value is -1.23. The molecule has 0 spiro atoms. The van der Waals surface area contributed by atoms with Gasteiger partial charge in [-0.2, -0.15) is 0 Å². The number of rotatable bonds is 2. The molecule has 3 saturated carbocycles. The predicted molar refractivity (Wildman–Crippen MR) is 81.9 cm³/mol. The van der Waals surface area contributed by atoms with Gasteiger partial charge in [-0.05, 0) is 25.7 Å². The van der Waals surface area contributed by atoms with E-state index >= 15 is 0 Å². The van der Waals surface area contributed by atoms with Crippen LogP contribution >= 0.6 is 0 Å². The van der Waals surface area contributed by atoms with Crippen LogP contribution in [0, 0.1) is 17.8 Å². The highest BCUT2D eigenvalue weighted by atomic mass is 16.2.